The fourth-order valence-corrected chi connectivity index (χ4v) is 4.66. The Labute approximate surface area is 176 Å². The number of phenols is 1. The number of benzene rings is 1. The quantitative estimate of drug-likeness (QED) is 0.342. The number of nitrogens with zero attached hydrogens (tertiary/aromatic N) is 2. The molecule has 2 aromatic heterocycles. The predicted molar refractivity (Wildman–Crippen MR) is 113 cm³/mol. The van der Waals surface area contributed by atoms with Gasteiger partial charge in [0.15, 0.2) is 0 Å². The lowest BCUT2D eigenvalue weighted by atomic mass is 9.95. The van der Waals surface area contributed by atoms with Crippen molar-refractivity contribution in [1.82, 2.24) is 5.32 Å². The minimum absolute atomic E-state index is 0.116. The molecule has 8 nitrogen and oxygen atoms in total. The van der Waals surface area contributed by atoms with E-state index in [4.69, 9.17) is 4.42 Å². The second kappa shape index (κ2) is 8.50. The number of phenolic OH excluding ortho intramolecular Hbond substituents is 1. The summed E-state index contributed by atoms with van der Waals surface area (Å²) in [7, 11) is 0. The first-order chi connectivity index (χ1) is 14.5. The number of carbonyl (C=O) groups is 1. The molecule has 1 amide bonds. The molecule has 154 valence electrons. The van der Waals surface area contributed by atoms with Crippen molar-refractivity contribution in [2.75, 3.05) is 0 Å². The molecular formula is C21H19N3O5S. The molecule has 1 aliphatic carbocycles. The third kappa shape index (κ3) is 4.11. The van der Waals surface area contributed by atoms with Crippen LogP contribution in [0, 0.1) is 10.1 Å². The largest absolute Gasteiger partial charge is 0.507 e. The molecule has 1 aromatic carbocycles. The lowest BCUT2D eigenvalue weighted by Crippen LogP contribution is -2.23. The average Bonchev–Trinajstić information content (AvgIpc) is 3.38. The number of hydrogen-bond acceptors (Lipinski definition) is 7. The number of rotatable bonds is 6. The van der Waals surface area contributed by atoms with Gasteiger partial charge in [-0.05, 0) is 49.4 Å². The van der Waals surface area contributed by atoms with Gasteiger partial charge in [-0.3, -0.25) is 14.9 Å². The van der Waals surface area contributed by atoms with E-state index >= 15 is 0 Å². The van der Waals surface area contributed by atoms with Crippen molar-refractivity contribution in [3.8, 4) is 5.75 Å². The molecule has 0 fully saturated rings. The summed E-state index contributed by atoms with van der Waals surface area (Å²) in [6.07, 6.45) is 6.70. The Hall–Kier alpha value is -3.46. The van der Waals surface area contributed by atoms with Crippen molar-refractivity contribution in [2.45, 2.75) is 32.2 Å². The normalized spacial score (nSPS) is 13.3. The molecule has 0 aliphatic heterocycles. The van der Waals surface area contributed by atoms with Gasteiger partial charge in [0, 0.05) is 28.8 Å². The van der Waals surface area contributed by atoms with Crippen LogP contribution in [0.3, 0.4) is 0 Å². The highest BCUT2D eigenvalue weighted by Crippen LogP contribution is 2.40. The van der Waals surface area contributed by atoms with E-state index < -0.39 is 4.92 Å². The number of amides is 1. The van der Waals surface area contributed by atoms with Crippen LogP contribution in [0.15, 0.2) is 46.0 Å². The molecule has 0 saturated carbocycles. The zero-order valence-corrected chi connectivity index (χ0v) is 16.8. The number of carbonyl (C=O) groups excluding carboxylic acids is 1. The van der Waals surface area contributed by atoms with E-state index in [0.717, 1.165) is 36.1 Å². The number of aromatic hydroxyl groups is 1. The van der Waals surface area contributed by atoms with Gasteiger partial charge in [0.2, 0.25) is 0 Å². The number of nitrogens with one attached hydrogen (secondary N) is 1. The first-order valence-electron chi connectivity index (χ1n) is 9.49. The van der Waals surface area contributed by atoms with Gasteiger partial charge in [-0.25, -0.2) is 4.99 Å². The molecule has 0 saturated heterocycles. The van der Waals surface area contributed by atoms with Crippen LogP contribution in [0.1, 0.15) is 45.0 Å². The van der Waals surface area contributed by atoms with Crippen LogP contribution in [0.5, 0.6) is 5.75 Å². The number of nitro groups is 1. The molecule has 0 radical (unpaired) electrons. The second-order valence-electron chi connectivity index (χ2n) is 6.91. The maximum atomic E-state index is 13.0. The molecule has 9 heteroatoms. The van der Waals surface area contributed by atoms with E-state index in [1.54, 1.807) is 18.4 Å². The molecule has 2 N–H and O–H groups in total. The summed E-state index contributed by atoms with van der Waals surface area (Å²) in [5.74, 6) is 0.301. The predicted octanol–water partition coefficient (Wildman–Crippen LogP) is 4.51. The third-order valence-electron chi connectivity index (χ3n) is 4.93. The Morgan fingerprint density at radius 3 is 2.93 bits per heavy atom. The van der Waals surface area contributed by atoms with E-state index in [1.165, 1.54) is 35.8 Å². The van der Waals surface area contributed by atoms with Crippen molar-refractivity contribution in [3.05, 3.63) is 74.0 Å². The van der Waals surface area contributed by atoms with Crippen molar-refractivity contribution >= 4 is 34.1 Å². The number of non-ortho nitro benzene ring substituents is 1. The van der Waals surface area contributed by atoms with Crippen LogP contribution in [-0.2, 0) is 19.4 Å². The van der Waals surface area contributed by atoms with Gasteiger partial charge >= 0.3 is 0 Å². The Morgan fingerprint density at radius 2 is 2.17 bits per heavy atom. The standard InChI is InChI=1S/C21H19N3O5S/c25-17-8-7-14(24(27)28)10-13(17)11-23-21-19(16-5-1-2-6-18(16)30-21)20(26)22-12-15-4-3-9-29-15/h3-4,7-11,25H,1-2,5-6,12H2,(H,22,26). The summed E-state index contributed by atoms with van der Waals surface area (Å²) in [6, 6.07) is 7.28. The van der Waals surface area contributed by atoms with Crippen LogP contribution in [-0.4, -0.2) is 22.2 Å². The molecule has 30 heavy (non-hydrogen) atoms. The minimum Gasteiger partial charge on any atom is -0.507 e. The van der Waals surface area contributed by atoms with Crippen LogP contribution in [0.2, 0.25) is 0 Å². The molecule has 2 heterocycles. The Balaban J connectivity index is 1.65. The van der Waals surface area contributed by atoms with Crippen molar-refractivity contribution in [2.24, 2.45) is 4.99 Å². The van der Waals surface area contributed by atoms with Gasteiger partial charge in [0.05, 0.1) is 23.3 Å². The SMILES string of the molecule is O=C(NCc1ccco1)c1c(N=Cc2cc([N+](=O)[O-])ccc2O)sc2c1CCCC2. The van der Waals surface area contributed by atoms with E-state index in [9.17, 15) is 20.0 Å². The van der Waals surface area contributed by atoms with Gasteiger partial charge in [0.25, 0.3) is 11.6 Å². The van der Waals surface area contributed by atoms with Crippen LogP contribution >= 0.6 is 11.3 Å². The molecule has 1 aliphatic rings. The first kappa shape index (κ1) is 19.8. The summed E-state index contributed by atoms with van der Waals surface area (Å²) in [5.41, 5.74) is 1.62. The first-order valence-corrected chi connectivity index (χ1v) is 10.3. The van der Waals surface area contributed by atoms with E-state index in [0.29, 0.717) is 16.3 Å². The summed E-state index contributed by atoms with van der Waals surface area (Å²) < 4.78 is 5.27. The van der Waals surface area contributed by atoms with Crippen LogP contribution in [0.25, 0.3) is 0 Å². The smallest absolute Gasteiger partial charge is 0.270 e. The fourth-order valence-electron chi connectivity index (χ4n) is 3.43. The lowest BCUT2D eigenvalue weighted by molar-refractivity contribution is -0.384. The van der Waals surface area contributed by atoms with Gasteiger partial charge in [-0.2, -0.15) is 0 Å². The number of fused-ring (bicyclic) bond motifs is 1. The maximum Gasteiger partial charge on any atom is 0.270 e. The topological polar surface area (TPSA) is 118 Å². The number of nitro benzene ring substituents is 1. The van der Waals surface area contributed by atoms with Gasteiger partial charge in [0.1, 0.15) is 16.5 Å². The highest BCUT2D eigenvalue weighted by molar-refractivity contribution is 7.16. The van der Waals surface area contributed by atoms with Crippen molar-refractivity contribution in [1.29, 1.82) is 0 Å². The van der Waals surface area contributed by atoms with Gasteiger partial charge < -0.3 is 14.8 Å². The van der Waals surface area contributed by atoms with Crippen LogP contribution in [0.4, 0.5) is 10.7 Å². The highest BCUT2D eigenvalue weighted by Gasteiger charge is 2.25. The van der Waals surface area contributed by atoms with Gasteiger partial charge in [-0.15, -0.1) is 11.3 Å². The van der Waals surface area contributed by atoms with E-state index in [-0.39, 0.29) is 29.5 Å². The zero-order chi connectivity index (χ0) is 21.1. The molecule has 3 aromatic rings. The minimum atomic E-state index is -0.534. The monoisotopic (exact) mass is 425 g/mol. The Kier molecular flexibility index (Phi) is 5.62. The highest BCUT2D eigenvalue weighted by atomic mass is 32.1. The molecule has 0 unspecified atom stereocenters. The lowest BCUT2D eigenvalue weighted by Gasteiger charge is -2.12. The Morgan fingerprint density at radius 1 is 1.33 bits per heavy atom. The number of thiophene rings is 1. The Bertz CT molecular complexity index is 1120. The maximum absolute atomic E-state index is 13.0. The van der Waals surface area contributed by atoms with E-state index in [1.807, 2.05) is 0 Å². The van der Waals surface area contributed by atoms with Crippen LogP contribution < -0.4 is 5.32 Å². The summed E-state index contributed by atoms with van der Waals surface area (Å²) in [5, 5.41) is 24.4. The van der Waals surface area contributed by atoms with Gasteiger partial charge in [-0.1, -0.05) is 0 Å². The fraction of sp³-hybridized carbons (Fsp3) is 0.238. The zero-order valence-electron chi connectivity index (χ0n) is 16.0. The second-order valence-corrected chi connectivity index (χ2v) is 8.00. The molecule has 4 rings (SSSR count). The molecular weight excluding hydrogens is 406 g/mol. The number of hydrogen-bond donors (Lipinski definition) is 2. The van der Waals surface area contributed by atoms with E-state index in [2.05, 4.69) is 10.3 Å². The summed E-state index contributed by atoms with van der Waals surface area (Å²) in [4.78, 5) is 29.0. The third-order valence-corrected chi connectivity index (χ3v) is 6.13. The number of aryl methyl sites for hydroxylation is 1. The average molecular weight is 425 g/mol. The van der Waals surface area contributed by atoms with Crippen molar-refractivity contribution in [3.63, 3.8) is 0 Å². The number of aliphatic imine (C=N–C) groups is 1. The molecule has 0 atom stereocenters. The molecule has 0 bridgehead atoms. The number of furan rings is 1. The summed E-state index contributed by atoms with van der Waals surface area (Å²) in [6.45, 7) is 0.269. The molecule has 0 spiro atoms. The summed E-state index contributed by atoms with van der Waals surface area (Å²) >= 11 is 1.45. The van der Waals surface area contributed by atoms with Crippen molar-refractivity contribution < 1.29 is 19.2 Å².